The van der Waals surface area contributed by atoms with E-state index >= 15 is 0 Å². The van der Waals surface area contributed by atoms with Crippen molar-refractivity contribution in [2.24, 2.45) is 0 Å². The summed E-state index contributed by atoms with van der Waals surface area (Å²) < 4.78 is 6.02. The van der Waals surface area contributed by atoms with Gasteiger partial charge in [-0.1, -0.05) is 31.2 Å². The lowest BCUT2D eigenvalue weighted by Gasteiger charge is -2.22. The van der Waals surface area contributed by atoms with Crippen molar-refractivity contribution in [3.05, 3.63) is 59.2 Å². The third-order valence-electron chi connectivity index (χ3n) is 5.45. The third kappa shape index (κ3) is 5.17. The molecule has 0 fully saturated rings. The van der Waals surface area contributed by atoms with Crippen LogP contribution in [0.1, 0.15) is 61.5 Å². The van der Waals surface area contributed by atoms with Gasteiger partial charge in [-0.3, -0.25) is 9.59 Å². The lowest BCUT2D eigenvalue weighted by Crippen LogP contribution is -2.34. The van der Waals surface area contributed by atoms with E-state index in [1.807, 2.05) is 26.0 Å². The first kappa shape index (κ1) is 20.9. The van der Waals surface area contributed by atoms with E-state index < -0.39 is 6.10 Å². The maximum absolute atomic E-state index is 12.8. The molecule has 5 heteroatoms. The van der Waals surface area contributed by atoms with Gasteiger partial charge in [-0.05, 0) is 75.3 Å². The average Bonchev–Trinajstić information content (AvgIpc) is 2.74. The van der Waals surface area contributed by atoms with Crippen LogP contribution in [-0.4, -0.2) is 24.0 Å². The minimum atomic E-state index is -0.672. The fraction of sp³-hybridized carbons (Fsp3) is 0.417. The predicted molar refractivity (Wildman–Crippen MR) is 115 cm³/mol. The van der Waals surface area contributed by atoms with E-state index in [9.17, 15) is 9.59 Å². The van der Waals surface area contributed by atoms with E-state index in [0.717, 1.165) is 31.4 Å². The Morgan fingerprint density at radius 3 is 2.59 bits per heavy atom. The summed E-state index contributed by atoms with van der Waals surface area (Å²) in [7, 11) is 0. The molecule has 3 rings (SSSR count). The number of hydrogen-bond acceptors (Lipinski definition) is 3. The Hall–Kier alpha value is -2.82. The molecule has 0 unspecified atom stereocenters. The van der Waals surface area contributed by atoms with Crippen LogP contribution in [0.5, 0.6) is 5.75 Å². The van der Waals surface area contributed by atoms with Crippen LogP contribution < -0.4 is 15.4 Å². The van der Waals surface area contributed by atoms with Crippen LogP contribution in [0.15, 0.2) is 42.5 Å². The molecule has 29 heavy (non-hydrogen) atoms. The number of aryl methyl sites for hydroxylation is 1. The molecule has 1 aliphatic carbocycles. The number of ether oxygens (including phenoxy) is 1. The number of benzene rings is 2. The van der Waals surface area contributed by atoms with Crippen LogP contribution in [0, 0.1) is 0 Å². The van der Waals surface area contributed by atoms with Crippen molar-refractivity contribution in [2.45, 2.75) is 65.0 Å². The second-order valence-electron chi connectivity index (χ2n) is 7.68. The molecule has 2 amide bonds. The minimum absolute atomic E-state index is 0.0674. The number of anilines is 1. The molecule has 154 valence electrons. The summed E-state index contributed by atoms with van der Waals surface area (Å²) in [6.45, 7) is 5.70. The quantitative estimate of drug-likeness (QED) is 0.727. The van der Waals surface area contributed by atoms with Gasteiger partial charge in [-0.2, -0.15) is 0 Å². The zero-order valence-electron chi connectivity index (χ0n) is 17.5. The Balaban J connectivity index is 1.70. The number of fused-ring (bicyclic) bond motifs is 1. The molecule has 5 nitrogen and oxygen atoms in total. The molecule has 0 bridgehead atoms. The molecule has 2 aromatic carbocycles. The highest BCUT2D eigenvalue weighted by molar-refractivity contribution is 6.04. The van der Waals surface area contributed by atoms with Crippen molar-refractivity contribution in [3.8, 4) is 5.75 Å². The van der Waals surface area contributed by atoms with Gasteiger partial charge in [0.1, 0.15) is 5.75 Å². The van der Waals surface area contributed by atoms with Crippen LogP contribution in [0.2, 0.25) is 0 Å². The number of amides is 2. The smallest absolute Gasteiger partial charge is 0.265 e. The van der Waals surface area contributed by atoms with E-state index in [1.165, 1.54) is 17.5 Å². The maximum atomic E-state index is 12.8. The molecule has 1 aliphatic rings. The van der Waals surface area contributed by atoms with Crippen LogP contribution >= 0.6 is 0 Å². The fourth-order valence-corrected chi connectivity index (χ4v) is 3.53. The van der Waals surface area contributed by atoms with Crippen LogP contribution in [0.25, 0.3) is 0 Å². The maximum Gasteiger partial charge on any atom is 0.265 e. The van der Waals surface area contributed by atoms with Gasteiger partial charge in [0, 0.05) is 6.04 Å². The second kappa shape index (κ2) is 9.59. The second-order valence-corrected chi connectivity index (χ2v) is 7.68. The molecule has 0 spiro atoms. The summed E-state index contributed by atoms with van der Waals surface area (Å²) in [5.41, 5.74) is 3.47. The van der Waals surface area contributed by atoms with Gasteiger partial charge in [0.05, 0.1) is 11.3 Å². The Bertz CT molecular complexity index is 878. The Morgan fingerprint density at radius 1 is 1.03 bits per heavy atom. The van der Waals surface area contributed by atoms with Crippen molar-refractivity contribution in [2.75, 3.05) is 5.32 Å². The van der Waals surface area contributed by atoms with Gasteiger partial charge >= 0.3 is 0 Å². The van der Waals surface area contributed by atoms with Crippen molar-refractivity contribution in [1.82, 2.24) is 5.32 Å². The molecule has 0 saturated heterocycles. The molecule has 0 aromatic heterocycles. The van der Waals surface area contributed by atoms with E-state index in [1.54, 1.807) is 31.2 Å². The molecule has 0 aliphatic heterocycles. The minimum Gasteiger partial charge on any atom is -0.481 e. The van der Waals surface area contributed by atoms with E-state index in [2.05, 4.69) is 16.7 Å². The highest BCUT2D eigenvalue weighted by Crippen LogP contribution is 2.30. The summed E-state index contributed by atoms with van der Waals surface area (Å²) in [6, 6.07) is 13.2. The molecule has 0 radical (unpaired) electrons. The molecule has 0 saturated carbocycles. The lowest BCUT2D eigenvalue weighted by molar-refractivity contribution is -0.122. The van der Waals surface area contributed by atoms with Gasteiger partial charge in [-0.25, -0.2) is 0 Å². The summed E-state index contributed by atoms with van der Waals surface area (Å²) >= 11 is 0. The fourth-order valence-electron chi connectivity index (χ4n) is 3.53. The van der Waals surface area contributed by atoms with Crippen molar-refractivity contribution in [3.63, 3.8) is 0 Å². The summed E-state index contributed by atoms with van der Waals surface area (Å²) in [5.74, 6) is 0.316. The van der Waals surface area contributed by atoms with Gasteiger partial charge in [0.2, 0.25) is 0 Å². The van der Waals surface area contributed by atoms with Gasteiger partial charge in [0.25, 0.3) is 11.8 Å². The first-order chi connectivity index (χ1) is 14.0. The first-order valence-electron chi connectivity index (χ1n) is 10.5. The summed E-state index contributed by atoms with van der Waals surface area (Å²) in [4.78, 5) is 25.3. The van der Waals surface area contributed by atoms with Crippen LogP contribution in [0.3, 0.4) is 0 Å². The SMILES string of the molecule is CC[C@H](C)NC(=O)c1ccccc1NC(=O)[C@@H](C)Oc1cccc2c1CCCC2. The number of carbonyl (C=O) groups excluding carboxylic acids is 2. The Morgan fingerprint density at radius 2 is 1.79 bits per heavy atom. The lowest BCUT2D eigenvalue weighted by atomic mass is 9.91. The molecule has 2 N–H and O–H groups in total. The number of carbonyl (C=O) groups is 2. The Labute approximate surface area is 172 Å². The Kier molecular flexibility index (Phi) is 6.91. The molecule has 0 heterocycles. The normalized spacial score (nSPS) is 15.0. The molecule has 2 atom stereocenters. The van der Waals surface area contributed by atoms with Crippen LogP contribution in [-0.2, 0) is 17.6 Å². The van der Waals surface area contributed by atoms with Crippen molar-refractivity contribution < 1.29 is 14.3 Å². The zero-order chi connectivity index (χ0) is 20.8. The highest BCUT2D eigenvalue weighted by atomic mass is 16.5. The van der Waals surface area contributed by atoms with E-state index in [0.29, 0.717) is 11.3 Å². The summed E-state index contributed by atoms with van der Waals surface area (Å²) in [5, 5.41) is 5.80. The number of para-hydroxylation sites is 1. The predicted octanol–water partition coefficient (Wildman–Crippen LogP) is 4.50. The van der Waals surface area contributed by atoms with Gasteiger partial charge in [-0.15, -0.1) is 0 Å². The zero-order valence-corrected chi connectivity index (χ0v) is 17.5. The monoisotopic (exact) mass is 394 g/mol. The third-order valence-corrected chi connectivity index (χ3v) is 5.45. The number of nitrogens with one attached hydrogen (secondary N) is 2. The number of hydrogen-bond donors (Lipinski definition) is 2. The standard InChI is InChI=1S/C24H30N2O3/c1-4-16(2)25-24(28)20-13-7-8-14-21(20)26-23(27)17(3)29-22-15-9-11-18-10-5-6-12-19(18)22/h7-9,11,13-17H,4-6,10,12H2,1-3H3,(H,25,28)(H,26,27)/t16-,17+/m0/s1. The summed E-state index contributed by atoms with van der Waals surface area (Å²) in [6.07, 6.45) is 4.56. The van der Waals surface area contributed by atoms with E-state index in [-0.39, 0.29) is 17.9 Å². The van der Waals surface area contributed by atoms with Gasteiger partial charge in [0.15, 0.2) is 6.10 Å². The number of rotatable bonds is 7. The first-order valence-corrected chi connectivity index (χ1v) is 10.5. The van der Waals surface area contributed by atoms with E-state index in [4.69, 9.17) is 4.74 Å². The molecular formula is C24H30N2O3. The topological polar surface area (TPSA) is 67.4 Å². The largest absolute Gasteiger partial charge is 0.481 e. The van der Waals surface area contributed by atoms with Crippen LogP contribution in [0.4, 0.5) is 5.69 Å². The molecule has 2 aromatic rings. The van der Waals surface area contributed by atoms with Crippen molar-refractivity contribution in [1.29, 1.82) is 0 Å². The van der Waals surface area contributed by atoms with Crippen molar-refractivity contribution >= 4 is 17.5 Å². The average molecular weight is 395 g/mol. The molecular weight excluding hydrogens is 364 g/mol. The van der Waals surface area contributed by atoms with Gasteiger partial charge < -0.3 is 15.4 Å². The highest BCUT2D eigenvalue weighted by Gasteiger charge is 2.21.